The zero-order valence-corrected chi connectivity index (χ0v) is 19.3. The van der Waals surface area contributed by atoms with E-state index in [0.29, 0.717) is 51.1 Å². The van der Waals surface area contributed by atoms with Crippen molar-refractivity contribution in [1.82, 2.24) is 20.4 Å². The molecule has 0 bridgehead atoms. The van der Waals surface area contributed by atoms with Crippen LogP contribution in [-0.4, -0.2) is 92.0 Å². The van der Waals surface area contributed by atoms with Crippen molar-refractivity contribution in [1.29, 1.82) is 0 Å². The second kappa shape index (κ2) is 11.3. The van der Waals surface area contributed by atoms with Crippen molar-refractivity contribution in [2.24, 2.45) is 4.99 Å². The number of allylic oxidation sites excluding steroid dienone is 1. The van der Waals surface area contributed by atoms with Crippen molar-refractivity contribution in [3.8, 4) is 0 Å². The fraction of sp³-hybridized carbons (Fsp3) is 0.609. The number of amides is 3. The van der Waals surface area contributed by atoms with Gasteiger partial charge in [-0.25, -0.2) is 4.79 Å². The fourth-order valence-electron chi connectivity index (χ4n) is 4.50. The van der Waals surface area contributed by atoms with Crippen LogP contribution in [0.25, 0.3) is 0 Å². The van der Waals surface area contributed by atoms with Crippen LogP contribution < -0.4 is 10.6 Å². The summed E-state index contributed by atoms with van der Waals surface area (Å²) in [7, 11) is 0. The van der Waals surface area contributed by atoms with E-state index in [9.17, 15) is 22.8 Å². The summed E-state index contributed by atoms with van der Waals surface area (Å²) >= 11 is 0. The molecule has 0 aromatic heterocycles. The Hall–Kier alpha value is -2.86. The predicted molar refractivity (Wildman–Crippen MR) is 121 cm³/mol. The number of carbonyl (C=O) groups is 2. The largest absolute Gasteiger partial charge is 0.573 e. The maximum absolute atomic E-state index is 12.9. The first-order valence-corrected chi connectivity index (χ1v) is 11.8. The van der Waals surface area contributed by atoms with E-state index in [2.05, 4.69) is 25.3 Å². The highest BCUT2D eigenvalue weighted by atomic mass is 19.4. The normalized spacial score (nSPS) is 26.1. The fourth-order valence-corrected chi connectivity index (χ4v) is 4.50. The summed E-state index contributed by atoms with van der Waals surface area (Å²) in [4.78, 5) is 33.8. The summed E-state index contributed by atoms with van der Waals surface area (Å²) in [6.45, 7) is 4.13. The first kappa shape index (κ1) is 25.2. The maximum atomic E-state index is 12.9. The molecule has 3 amide bonds. The van der Waals surface area contributed by atoms with Crippen LogP contribution in [0.1, 0.15) is 25.7 Å². The van der Waals surface area contributed by atoms with Gasteiger partial charge in [-0.2, -0.15) is 0 Å². The van der Waals surface area contributed by atoms with Crippen molar-refractivity contribution >= 4 is 18.2 Å². The Morgan fingerprint density at radius 1 is 1.06 bits per heavy atom. The lowest BCUT2D eigenvalue weighted by Gasteiger charge is -2.34. The van der Waals surface area contributed by atoms with Crippen LogP contribution in [0.2, 0.25) is 0 Å². The van der Waals surface area contributed by atoms with E-state index in [-0.39, 0.29) is 30.3 Å². The maximum Gasteiger partial charge on any atom is 0.573 e. The Balaban J connectivity index is 1.16. The predicted octanol–water partition coefficient (Wildman–Crippen LogP) is 2.08. The average molecular weight is 498 g/mol. The monoisotopic (exact) mass is 497 g/mol. The molecule has 12 heteroatoms. The molecule has 2 atom stereocenters. The number of hydrogen-bond donors (Lipinski definition) is 2. The number of nitrogens with zero attached hydrogens (tertiary/aromatic N) is 3. The Morgan fingerprint density at radius 2 is 1.80 bits per heavy atom. The minimum absolute atomic E-state index is 0.0481. The van der Waals surface area contributed by atoms with Crippen LogP contribution in [0.4, 0.5) is 18.0 Å². The Labute approximate surface area is 201 Å². The molecule has 192 valence electrons. The van der Waals surface area contributed by atoms with Crippen LogP contribution in [0.3, 0.4) is 0 Å². The first-order chi connectivity index (χ1) is 16.8. The van der Waals surface area contributed by atoms with Crippen LogP contribution in [0.5, 0.6) is 0 Å². The molecular weight excluding hydrogens is 467 g/mol. The van der Waals surface area contributed by atoms with E-state index >= 15 is 0 Å². The van der Waals surface area contributed by atoms with E-state index in [1.165, 1.54) is 18.2 Å². The summed E-state index contributed by atoms with van der Waals surface area (Å²) in [6.07, 6.45) is 5.01. The van der Waals surface area contributed by atoms with Crippen molar-refractivity contribution in [2.45, 2.75) is 50.3 Å². The highest BCUT2D eigenvalue weighted by molar-refractivity contribution is 6.12. The third-order valence-corrected chi connectivity index (χ3v) is 6.38. The molecule has 35 heavy (non-hydrogen) atoms. The molecule has 0 spiro atoms. The van der Waals surface area contributed by atoms with Gasteiger partial charge in [-0.3, -0.25) is 14.7 Å². The molecule has 4 rings (SSSR count). The van der Waals surface area contributed by atoms with Gasteiger partial charge in [0, 0.05) is 44.9 Å². The van der Waals surface area contributed by atoms with Gasteiger partial charge in [-0.15, -0.1) is 13.2 Å². The Kier molecular flexibility index (Phi) is 8.11. The number of dihydropyridines is 1. The summed E-state index contributed by atoms with van der Waals surface area (Å²) in [6, 6.07) is -0.906. The topological polar surface area (TPSA) is 95.5 Å². The van der Waals surface area contributed by atoms with E-state index < -0.39 is 18.4 Å². The van der Waals surface area contributed by atoms with E-state index in [1.54, 1.807) is 11.1 Å². The SMILES string of the molecule is O=C(NC1C=CC(OC(F)(F)F)=CC1)NC1CCN(C(=O)C2=CCC(N3CCOCC3)N=C2)CC1. The Bertz CT molecular complexity index is 903. The number of urea groups is 1. The number of carbonyl (C=O) groups excluding carboxylic acids is 2. The smallest absolute Gasteiger partial charge is 0.406 e. The molecular formula is C23H30F3N5O4. The molecule has 2 unspecified atom stereocenters. The molecule has 9 nitrogen and oxygen atoms in total. The van der Waals surface area contributed by atoms with Gasteiger partial charge in [-0.05, 0) is 31.4 Å². The van der Waals surface area contributed by atoms with Crippen molar-refractivity contribution in [3.63, 3.8) is 0 Å². The zero-order valence-electron chi connectivity index (χ0n) is 19.3. The minimum atomic E-state index is -4.74. The van der Waals surface area contributed by atoms with E-state index in [0.717, 1.165) is 13.1 Å². The van der Waals surface area contributed by atoms with Crippen LogP contribution in [0.15, 0.2) is 40.6 Å². The molecule has 0 aromatic carbocycles. The lowest BCUT2D eigenvalue weighted by Crippen LogP contribution is -2.51. The van der Waals surface area contributed by atoms with Gasteiger partial charge in [0.1, 0.15) is 11.9 Å². The first-order valence-electron chi connectivity index (χ1n) is 11.8. The molecule has 0 radical (unpaired) electrons. The average Bonchev–Trinajstić information content (AvgIpc) is 2.85. The van der Waals surface area contributed by atoms with E-state index in [4.69, 9.17) is 4.74 Å². The molecule has 3 aliphatic heterocycles. The number of alkyl halides is 3. The van der Waals surface area contributed by atoms with Crippen molar-refractivity contribution < 1.29 is 32.2 Å². The highest BCUT2D eigenvalue weighted by Crippen LogP contribution is 2.24. The highest BCUT2D eigenvalue weighted by Gasteiger charge is 2.32. The van der Waals surface area contributed by atoms with Gasteiger partial charge in [-0.1, -0.05) is 12.2 Å². The van der Waals surface area contributed by atoms with Crippen molar-refractivity contribution in [2.75, 3.05) is 39.4 Å². The number of nitrogens with one attached hydrogen (secondary N) is 2. The van der Waals surface area contributed by atoms with Gasteiger partial charge in [0.2, 0.25) is 0 Å². The van der Waals surface area contributed by atoms with Gasteiger partial charge in [0.25, 0.3) is 5.91 Å². The lowest BCUT2D eigenvalue weighted by molar-refractivity contribution is -0.303. The Morgan fingerprint density at radius 3 is 2.40 bits per heavy atom. The number of rotatable bonds is 5. The zero-order chi connectivity index (χ0) is 24.8. The molecule has 1 aliphatic carbocycles. The number of aliphatic imine (C=N–C) groups is 1. The summed E-state index contributed by atoms with van der Waals surface area (Å²) in [5, 5.41) is 5.62. The number of morpholine rings is 1. The molecule has 2 N–H and O–H groups in total. The van der Waals surface area contributed by atoms with Gasteiger partial charge in [0.05, 0.1) is 24.8 Å². The van der Waals surface area contributed by atoms with Gasteiger partial charge in [0.15, 0.2) is 0 Å². The quantitative estimate of drug-likeness (QED) is 0.607. The van der Waals surface area contributed by atoms with Crippen molar-refractivity contribution in [3.05, 3.63) is 35.6 Å². The summed E-state index contributed by atoms with van der Waals surface area (Å²) in [5.41, 5.74) is 0.602. The van der Waals surface area contributed by atoms with E-state index in [1.807, 2.05) is 6.08 Å². The molecule has 2 fully saturated rings. The third-order valence-electron chi connectivity index (χ3n) is 6.38. The number of likely N-dealkylation sites (tertiary alicyclic amines) is 1. The number of halogens is 3. The molecule has 0 aromatic rings. The molecule has 0 saturated carbocycles. The van der Waals surface area contributed by atoms with Gasteiger partial charge < -0.3 is 25.0 Å². The lowest BCUT2D eigenvalue weighted by atomic mass is 10.0. The second-order valence-electron chi connectivity index (χ2n) is 8.84. The second-order valence-corrected chi connectivity index (χ2v) is 8.84. The van der Waals surface area contributed by atoms with Crippen LogP contribution in [-0.2, 0) is 14.3 Å². The van der Waals surface area contributed by atoms with Crippen LogP contribution in [0, 0.1) is 0 Å². The third kappa shape index (κ3) is 7.31. The molecule has 3 heterocycles. The number of piperidine rings is 1. The standard InChI is InChI=1S/C23H30F3N5O4/c24-23(25,26)35-19-4-2-17(3-5-19)28-22(33)29-18-7-9-31(10-8-18)21(32)16-1-6-20(27-15-16)30-11-13-34-14-12-30/h1-2,4-5,15,17-18,20H,3,6-14H2,(H2,28,29,33). The molecule has 2 saturated heterocycles. The number of hydrogen-bond acceptors (Lipinski definition) is 6. The van der Waals surface area contributed by atoms with Crippen LogP contribution >= 0.6 is 0 Å². The minimum Gasteiger partial charge on any atom is -0.406 e. The molecule has 4 aliphatic rings. The number of ether oxygens (including phenoxy) is 2. The van der Waals surface area contributed by atoms with Gasteiger partial charge >= 0.3 is 12.4 Å². The summed E-state index contributed by atoms with van der Waals surface area (Å²) in [5.74, 6) is -0.337. The summed E-state index contributed by atoms with van der Waals surface area (Å²) < 4.78 is 46.0.